The molecule has 0 aliphatic carbocycles. The normalized spacial score (nSPS) is 25.3. The van der Waals surface area contributed by atoms with Gasteiger partial charge in [0.25, 0.3) is 0 Å². The fourth-order valence-electron chi connectivity index (χ4n) is 3.36. The molecule has 1 aromatic rings. The Hall–Kier alpha value is -0.920. The number of carbonyl (C=O) groups is 1. The first-order valence-corrected chi connectivity index (χ1v) is 10.6. The third-order valence-corrected chi connectivity index (χ3v) is 6.82. The average Bonchev–Trinajstić information content (AvgIpc) is 3.11. The molecule has 2 aliphatic rings. The van der Waals surface area contributed by atoms with Gasteiger partial charge in [-0.05, 0) is 50.0 Å². The first-order valence-electron chi connectivity index (χ1n) is 7.95. The molecule has 1 amide bonds. The van der Waals surface area contributed by atoms with Crippen molar-refractivity contribution >= 4 is 31.7 Å². The summed E-state index contributed by atoms with van der Waals surface area (Å²) in [6, 6.07) is 7.19. The lowest BCUT2D eigenvalue weighted by Gasteiger charge is -2.28. The van der Waals surface area contributed by atoms with E-state index >= 15 is 0 Å². The van der Waals surface area contributed by atoms with Gasteiger partial charge in [0.2, 0.25) is 5.91 Å². The van der Waals surface area contributed by atoms with Crippen LogP contribution >= 0.6 is 15.9 Å². The standard InChI is InChI=1S/C16H21BrN2O3S/c17-13-5-3-12(4-6-13)15(19-8-1-2-9-19)16(20)18-14-7-10-23(21,22)11-14/h3-6,14-15H,1-2,7-11H2,(H,18,20)/t14-,15-/m0/s1. The first-order chi connectivity index (χ1) is 10.9. The van der Waals surface area contributed by atoms with Gasteiger partial charge in [-0.2, -0.15) is 0 Å². The van der Waals surface area contributed by atoms with E-state index in [2.05, 4.69) is 26.1 Å². The van der Waals surface area contributed by atoms with E-state index in [1.54, 1.807) is 0 Å². The molecule has 0 saturated carbocycles. The smallest absolute Gasteiger partial charge is 0.242 e. The van der Waals surface area contributed by atoms with E-state index in [1.165, 1.54) is 0 Å². The largest absolute Gasteiger partial charge is 0.351 e. The summed E-state index contributed by atoms with van der Waals surface area (Å²) in [7, 11) is -2.99. The fraction of sp³-hybridized carbons (Fsp3) is 0.562. The molecule has 0 bridgehead atoms. The molecule has 2 atom stereocenters. The lowest BCUT2D eigenvalue weighted by atomic mass is 10.0. The van der Waals surface area contributed by atoms with Gasteiger partial charge in [-0.1, -0.05) is 28.1 Å². The SMILES string of the molecule is O=C(N[C@H]1CCS(=O)(=O)C1)[C@H](c1ccc(Br)cc1)N1CCCC1. The summed E-state index contributed by atoms with van der Waals surface area (Å²) in [6.45, 7) is 1.80. The topological polar surface area (TPSA) is 66.5 Å². The summed E-state index contributed by atoms with van der Waals surface area (Å²) in [5.74, 6) is 0.146. The lowest BCUT2D eigenvalue weighted by molar-refractivity contribution is -0.126. The zero-order chi connectivity index (χ0) is 16.4. The Morgan fingerprint density at radius 1 is 1.22 bits per heavy atom. The van der Waals surface area contributed by atoms with Gasteiger partial charge in [-0.15, -0.1) is 0 Å². The monoisotopic (exact) mass is 400 g/mol. The minimum Gasteiger partial charge on any atom is -0.351 e. The molecule has 0 aromatic heterocycles. The van der Waals surface area contributed by atoms with E-state index in [1.807, 2.05) is 24.3 Å². The predicted octanol–water partition coefficient (Wildman–Crippen LogP) is 1.89. The second-order valence-electron chi connectivity index (χ2n) is 6.31. The zero-order valence-corrected chi connectivity index (χ0v) is 15.3. The number of likely N-dealkylation sites (tertiary alicyclic amines) is 1. The second-order valence-corrected chi connectivity index (χ2v) is 9.45. The van der Waals surface area contributed by atoms with Crippen molar-refractivity contribution in [1.29, 1.82) is 0 Å². The van der Waals surface area contributed by atoms with Crippen molar-refractivity contribution < 1.29 is 13.2 Å². The van der Waals surface area contributed by atoms with Gasteiger partial charge < -0.3 is 5.32 Å². The van der Waals surface area contributed by atoms with Crippen LogP contribution in [0.1, 0.15) is 30.9 Å². The third-order valence-electron chi connectivity index (χ3n) is 4.52. The van der Waals surface area contributed by atoms with E-state index in [-0.39, 0.29) is 29.5 Å². The first kappa shape index (κ1) is 16.9. The van der Waals surface area contributed by atoms with Gasteiger partial charge in [0.05, 0.1) is 11.5 Å². The van der Waals surface area contributed by atoms with Crippen LogP contribution in [0.2, 0.25) is 0 Å². The summed E-state index contributed by atoms with van der Waals surface area (Å²) in [5.41, 5.74) is 0.952. The number of carbonyl (C=O) groups excluding carboxylic acids is 1. The van der Waals surface area contributed by atoms with Crippen molar-refractivity contribution in [2.75, 3.05) is 24.6 Å². The molecule has 1 N–H and O–H groups in total. The van der Waals surface area contributed by atoms with Crippen LogP contribution in [-0.4, -0.2) is 49.9 Å². The van der Waals surface area contributed by atoms with Gasteiger partial charge in [0.15, 0.2) is 9.84 Å². The van der Waals surface area contributed by atoms with Crippen LogP contribution in [-0.2, 0) is 14.6 Å². The van der Waals surface area contributed by atoms with Gasteiger partial charge in [-0.3, -0.25) is 9.69 Å². The quantitative estimate of drug-likeness (QED) is 0.837. The van der Waals surface area contributed by atoms with Crippen LogP contribution in [0.4, 0.5) is 0 Å². The van der Waals surface area contributed by atoms with E-state index in [4.69, 9.17) is 0 Å². The highest BCUT2D eigenvalue weighted by Gasteiger charge is 2.34. The molecular formula is C16H21BrN2O3S. The van der Waals surface area contributed by atoms with E-state index in [0.29, 0.717) is 6.42 Å². The van der Waals surface area contributed by atoms with Crippen molar-refractivity contribution in [3.8, 4) is 0 Å². The summed E-state index contributed by atoms with van der Waals surface area (Å²) < 4.78 is 24.2. The van der Waals surface area contributed by atoms with Crippen molar-refractivity contribution in [3.05, 3.63) is 34.3 Å². The number of sulfone groups is 1. The highest BCUT2D eigenvalue weighted by Crippen LogP contribution is 2.27. The molecule has 0 spiro atoms. The molecular weight excluding hydrogens is 380 g/mol. The Labute approximate surface area is 145 Å². The number of rotatable bonds is 4. The fourth-order valence-corrected chi connectivity index (χ4v) is 5.30. The molecule has 2 saturated heterocycles. The molecule has 2 fully saturated rings. The van der Waals surface area contributed by atoms with Crippen molar-refractivity contribution in [1.82, 2.24) is 10.2 Å². The minimum absolute atomic E-state index is 0.0613. The molecule has 126 valence electrons. The lowest BCUT2D eigenvalue weighted by Crippen LogP contribution is -2.44. The highest BCUT2D eigenvalue weighted by molar-refractivity contribution is 9.10. The average molecular weight is 401 g/mol. The number of nitrogens with zero attached hydrogens (tertiary/aromatic N) is 1. The minimum atomic E-state index is -2.99. The Kier molecular flexibility index (Phi) is 5.08. The van der Waals surface area contributed by atoms with Crippen LogP contribution in [0.3, 0.4) is 0 Å². The maximum absolute atomic E-state index is 12.8. The summed E-state index contributed by atoms with van der Waals surface area (Å²) in [6.07, 6.45) is 2.71. The number of hydrogen-bond acceptors (Lipinski definition) is 4. The molecule has 0 radical (unpaired) electrons. The van der Waals surface area contributed by atoms with Gasteiger partial charge >= 0.3 is 0 Å². The molecule has 5 nitrogen and oxygen atoms in total. The number of nitrogens with one attached hydrogen (secondary N) is 1. The van der Waals surface area contributed by atoms with E-state index in [9.17, 15) is 13.2 Å². The Morgan fingerprint density at radius 3 is 2.43 bits per heavy atom. The molecule has 2 heterocycles. The van der Waals surface area contributed by atoms with Gasteiger partial charge in [0, 0.05) is 10.5 Å². The van der Waals surface area contributed by atoms with Crippen molar-refractivity contribution in [3.63, 3.8) is 0 Å². The van der Waals surface area contributed by atoms with Crippen molar-refractivity contribution in [2.45, 2.75) is 31.3 Å². The maximum atomic E-state index is 12.8. The van der Waals surface area contributed by atoms with Crippen LogP contribution in [0.25, 0.3) is 0 Å². The number of halogens is 1. The Balaban J connectivity index is 1.77. The molecule has 7 heteroatoms. The number of benzene rings is 1. The molecule has 23 heavy (non-hydrogen) atoms. The molecule has 3 rings (SSSR count). The van der Waals surface area contributed by atoms with Gasteiger partial charge in [-0.25, -0.2) is 8.42 Å². The van der Waals surface area contributed by atoms with Crippen LogP contribution in [0.5, 0.6) is 0 Å². The maximum Gasteiger partial charge on any atom is 0.242 e. The Morgan fingerprint density at radius 2 is 1.87 bits per heavy atom. The number of hydrogen-bond donors (Lipinski definition) is 1. The van der Waals surface area contributed by atoms with Gasteiger partial charge in [0.1, 0.15) is 6.04 Å². The third kappa shape index (κ3) is 4.14. The van der Waals surface area contributed by atoms with E-state index < -0.39 is 9.84 Å². The Bertz CT molecular complexity index is 669. The summed E-state index contributed by atoms with van der Waals surface area (Å²) >= 11 is 3.42. The molecule has 0 unspecified atom stereocenters. The summed E-state index contributed by atoms with van der Waals surface area (Å²) in [4.78, 5) is 15.0. The van der Waals surface area contributed by atoms with E-state index in [0.717, 1.165) is 36.0 Å². The molecule has 1 aromatic carbocycles. The number of amides is 1. The zero-order valence-electron chi connectivity index (χ0n) is 12.9. The summed E-state index contributed by atoms with van der Waals surface area (Å²) in [5, 5.41) is 2.95. The predicted molar refractivity (Wildman–Crippen MR) is 92.9 cm³/mol. The highest BCUT2D eigenvalue weighted by atomic mass is 79.9. The van der Waals surface area contributed by atoms with Crippen molar-refractivity contribution in [2.24, 2.45) is 0 Å². The van der Waals surface area contributed by atoms with Crippen LogP contribution in [0.15, 0.2) is 28.7 Å². The van der Waals surface area contributed by atoms with Crippen LogP contribution in [0, 0.1) is 0 Å². The molecule has 2 aliphatic heterocycles. The van der Waals surface area contributed by atoms with Crippen LogP contribution < -0.4 is 5.32 Å². The second kappa shape index (κ2) is 6.91.